The summed E-state index contributed by atoms with van der Waals surface area (Å²) in [7, 11) is 0. The third-order valence-electron chi connectivity index (χ3n) is 2.67. The number of halogens is 1. The van der Waals surface area contributed by atoms with Crippen LogP contribution in [-0.2, 0) is 9.53 Å². The molecule has 1 heterocycles. The summed E-state index contributed by atoms with van der Waals surface area (Å²) < 4.78 is 6.02. The van der Waals surface area contributed by atoms with E-state index >= 15 is 0 Å². The van der Waals surface area contributed by atoms with Crippen molar-refractivity contribution < 1.29 is 9.53 Å². The molecule has 0 atom stereocenters. The number of carbonyl (C=O) groups excluding carboxylic acids is 1. The van der Waals surface area contributed by atoms with Crippen molar-refractivity contribution >= 4 is 33.7 Å². The number of hydrogen-bond acceptors (Lipinski definition) is 5. The van der Waals surface area contributed by atoms with Crippen LogP contribution in [0.3, 0.4) is 0 Å². The van der Waals surface area contributed by atoms with Gasteiger partial charge in [-0.05, 0) is 12.5 Å². The van der Waals surface area contributed by atoms with Gasteiger partial charge in [0, 0.05) is 10.0 Å². The molecule has 0 saturated carbocycles. The number of carbonyl (C=O) groups is 1. The smallest absolute Gasteiger partial charge is 0.316 e. The van der Waals surface area contributed by atoms with Gasteiger partial charge in [0.2, 0.25) is 5.16 Å². The molecule has 7 heteroatoms. The predicted molar refractivity (Wildman–Crippen MR) is 86.1 cm³/mol. The lowest BCUT2D eigenvalue weighted by molar-refractivity contribution is -0.140. The van der Waals surface area contributed by atoms with E-state index in [4.69, 9.17) is 4.74 Å². The van der Waals surface area contributed by atoms with Crippen LogP contribution in [0.4, 0.5) is 0 Å². The van der Waals surface area contributed by atoms with E-state index in [1.165, 1.54) is 11.8 Å². The molecule has 0 fully saturated rings. The van der Waals surface area contributed by atoms with Crippen LogP contribution in [0, 0.1) is 0 Å². The third kappa shape index (κ3) is 4.86. The van der Waals surface area contributed by atoms with Crippen LogP contribution in [-0.4, -0.2) is 33.5 Å². The first-order valence-electron chi connectivity index (χ1n) is 6.66. The number of H-pyrrole nitrogens is 1. The first-order chi connectivity index (χ1) is 10.2. The molecule has 2 rings (SSSR count). The molecule has 0 unspecified atom stereocenters. The van der Waals surface area contributed by atoms with Crippen LogP contribution in [0.2, 0.25) is 0 Å². The zero-order chi connectivity index (χ0) is 15.1. The van der Waals surface area contributed by atoms with Gasteiger partial charge in [0.05, 0.1) is 12.4 Å². The maximum Gasteiger partial charge on any atom is 0.316 e. The summed E-state index contributed by atoms with van der Waals surface area (Å²) in [5, 5.41) is 7.51. The molecule has 0 spiro atoms. The molecular weight excluding hydrogens is 354 g/mol. The van der Waals surface area contributed by atoms with Crippen molar-refractivity contribution in [2.45, 2.75) is 24.9 Å². The van der Waals surface area contributed by atoms with Gasteiger partial charge in [-0.15, -0.1) is 5.10 Å². The summed E-state index contributed by atoms with van der Waals surface area (Å²) in [5.74, 6) is 0.654. The fourth-order valence-electron chi connectivity index (χ4n) is 1.58. The third-order valence-corrected chi connectivity index (χ3v) is 4.19. The molecule has 0 saturated heterocycles. The average Bonchev–Trinajstić information content (AvgIpc) is 2.94. The topological polar surface area (TPSA) is 67.9 Å². The average molecular weight is 370 g/mol. The molecular formula is C14H16BrN3O2S. The normalized spacial score (nSPS) is 10.6. The number of thioether (sulfide) groups is 1. The SMILES string of the molecule is CCCCOC(=O)CSc1n[nH]c(-c2ccccc2Br)n1. The number of hydrogen-bond donors (Lipinski definition) is 1. The molecule has 5 nitrogen and oxygen atoms in total. The number of ether oxygens (including phenoxy) is 1. The second kappa shape index (κ2) is 8.19. The van der Waals surface area contributed by atoms with E-state index in [-0.39, 0.29) is 11.7 Å². The Hall–Kier alpha value is -1.34. The quantitative estimate of drug-likeness (QED) is 0.458. The van der Waals surface area contributed by atoms with E-state index in [1.54, 1.807) is 0 Å². The Labute approximate surface area is 136 Å². The molecule has 21 heavy (non-hydrogen) atoms. The standard InChI is InChI=1S/C14H16BrN3O2S/c1-2-3-8-20-12(19)9-21-14-16-13(17-18-14)10-6-4-5-7-11(10)15/h4-7H,2-3,8-9H2,1H3,(H,16,17,18). The minimum atomic E-state index is -0.235. The second-order valence-electron chi connectivity index (χ2n) is 4.31. The zero-order valence-corrected chi connectivity index (χ0v) is 14.0. The molecule has 0 radical (unpaired) electrons. The van der Waals surface area contributed by atoms with Crippen molar-refractivity contribution in [1.29, 1.82) is 0 Å². The van der Waals surface area contributed by atoms with Gasteiger partial charge in [-0.1, -0.05) is 59.2 Å². The fraction of sp³-hybridized carbons (Fsp3) is 0.357. The molecule has 1 aromatic heterocycles. The summed E-state index contributed by atoms with van der Waals surface area (Å²) in [6.07, 6.45) is 1.90. The lowest BCUT2D eigenvalue weighted by Gasteiger charge is -2.01. The highest BCUT2D eigenvalue weighted by molar-refractivity contribution is 9.10. The summed E-state index contributed by atoms with van der Waals surface area (Å²) >= 11 is 4.74. The number of unbranched alkanes of at least 4 members (excludes halogenated alkanes) is 1. The molecule has 0 amide bonds. The largest absolute Gasteiger partial charge is 0.465 e. The maximum absolute atomic E-state index is 11.5. The minimum absolute atomic E-state index is 0.219. The molecule has 1 aromatic carbocycles. The highest BCUT2D eigenvalue weighted by Gasteiger charge is 2.11. The van der Waals surface area contributed by atoms with Crippen molar-refractivity contribution in [2.24, 2.45) is 0 Å². The predicted octanol–water partition coefficient (Wildman–Crippen LogP) is 3.67. The molecule has 1 N–H and O–H groups in total. The lowest BCUT2D eigenvalue weighted by Crippen LogP contribution is -2.08. The molecule has 0 aliphatic heterocycles. The Kier molecular flexibility index (Phi) is 6.25. The number of aromatic amines is 1. The number of nitrogens with one attached hydrogen (secondary N) is 1. The highest BCUT2D eigenvalue weighted by Crippen LogP contribution is 2.26. The molecule has 0 aliphatic carbocycles. The number of rotatable bonds is 7. The van der Waals surface area contributed by atoms with Crippen LogP contribution in [0.25, 0.3) is 11.4 Å². The van der Waals surface area contributed by atoms with Gasteiger partial charge < -0.3 is 4.74 Å². The van der Waals surface area contributed by atoms with E-state index in [1.807, 2.05) is 24.3 Å². The number of nitrogens with zero attached hydrogens (tertiary/aromatic N) is 2. The Bertz CT molecular complexity index is 603. The van der Waals surface area contributed by atoms with Gasteiger partial charge >= 0.3 is 5.97 Å². The first-order valence-corrected chi connectivity index (χ1v) is 8.44. The van der Waals surface area contributed by atoms with Crippen molar-refractivity contribution in [2.75, 3.05) is 12.4 Å². The van der Waals surface area contributed by atoms with E-state index < -0.39 is 0 Å². The Morgan fingerprint density at radius 1 is 1.43 bits per heavy atom. The van der Waals surface area contributed by atoms with Gasteiger partial charge in [-0.3, -0.25) is 9.89 Å². The van der Waals surface area contributed by atoms with Gasteiger partial charge in [0.25, 0.3) is 0 Å². The van der Waals surface area contributed by atoms with Crippen LogP contribution in [0.15, 0.2) is 33.9 Å². The fourth-order valence-corrected chi connectivity index (χ4v) is 2.65. The van der Waals surface area contributed by atoms with Crippen molar-refractivity contribution in [3.63, 3.8) is 0 Å². The van der Waals surface area contributed by atoms with E-state index in [9.17, 15) is 4.79 Å². The minimum Gasteiger partial charge on any atom is -0.465 e. The van der Waals surface area contributed by atoms with Crippen molar-refractivity contribution in [3.05, 3.63) is 28.7 Å². The van der Waals surface area contributed by atoms with E-state index in [2.05, 4.69) is 38.0 Å². The monoisotopic (exact) mass is 369 g/mol. The van der Waals surface area contributed by atoms with Crippen LogP contribution >= 0.6 is 27.7 Å². The number of aromatic nitrogens is 3. The van der Waals surface area contributed by atoms with Gasteiger partial charge in [0.1, 0.15) is 0 Å². The second-order valence-corrected chi connectivity index (χ2v) is 6.11. The summed E-state index contributed by atoms with van der Waals surface area (Å²) in [6, 6.07) is 7.75. The van der Waals surface area contributed by atoms with E-state index in [0.29, 0.717) is 17.6 Å². The van der Waals surface area contributed by atoms with Crippen molar-refractivity contribution in [3.8, 4) is 11.4 Å². The van der Waals surface area contributed by atoms with Crippen LogP contribution in [0.5, 0.6) is 0 Å². The summed E-state index contributed by atoms with van der Waals surface area (Å²) in [5.41, 5.74) is 0.933. The number of benzene rings is 1. The van der Waals surface area contributed by atoms with Crippen LogP contribution in [0.1, 0.15) is 19.8 Å². The molecule has 2 aromatic rings. The van der Waals surface area contributed by atoms with Crippen molar-refractivity contribution in [1.82, 2.24) is 15.2 Å². The summed E-state index contributed by atoms with van der Waals surface area (Å²) in [6.45, 7) is 2.53. The maximum atomic E-state index is 11.5. The van der Waals surface area contributed by atoms with Gasteiger partial charge in [-0.25, -0.2) is 4.98 Å². The number of esters is 1. The lowest BCUT2D eigenvalue weighted by atomic mass is 10.2. The molecule has 0 bridgehead atoms. The zero-order valence-electron chi connectivity index (χ0n) is 11.6. The van der Waals surface area contributed by atoms with Crippen LogP contribution < -0.4 is 0 Å². The molecule has 0 aliphatic rings. The van der Waals surface area contributed by atoms with Gasteiger partial charge in [0.15, 0.2) is 5.82 Å². The molecule has 112 valence electrons. The Morgan fingerprint density at radius 2 is 2.24 bits per heavy atom. The Balaban J connectivity index is 1.89. The highest BCUT2D eigenvalue weighted by atomic mass is 79.9. The van der Waals surface area contributed by atoms with E-state index in [0.717, 1.165) is 22.9 Å². The summed E-state index contributed by atoms with van der Waals surface area (Å²) in [4.78, 5) is 15.9. The first kappa shape index (κ1) is 16.0. The Morgan fingerprint density at radius 3 is 3.00 bits per heavy atom. The van der Waals surface area contributed by atoms with Gasteiger partial charge in [-0.2, -0.15) is 0 Å².